The van der Waals surface area contributed by atoms with Gasteiger partial charge in [-0.2, -0.15) is 0 Å². The monoisotopic (exact) mass is 273 g/mol. The van der Waals surface area contributed by atoms with Crippen molar-refractivity contribution < 1.29 is 0 Å². The van der Waals surface area contributed by atoms with Crippen LogP contribution in [-0.2, 0) is 0 Å². The average Bonchev–Trinajstić information content (AvgIpc) is 3.25. The highest BCUT2D eigenvalue weighted by Gasteiger charge is 2.26. The molecule has 110 valence electrons. The molecule has 1 aliphatic carbocycles. The van der Waals surface area contributed by atoms with Gasteiger partial charge in [0.1, 0.15) is 0 Å². The fraction of sp³-hybridized carbons (Fsp3) is 0.647. The summed E-state index contributed by atoms with van der Waals surface area (Å²) in [4.78, 5) is 5.16. The molecule has 0 aromatic heterocycles. The maximum atomic E-state index is 6.40. The van der Waals surface area contributed by atoms with Gasteiger partial charge in [0.2, 0.25) is 0 Å². The molecule has 2 fully saturated rings. The summed E-state index contributed by atoms with van der Waals surface area (Å²) < 4.78 is 0. The molecule has 1 saturated heterocycles. The summed E-state index contributed by atoms with van der Waals surface area (Å²) in [7, 11) is 0. The van der Waals surface area contributed by atoms with Crippen molar-refractivity contribution in [3.8, 4) is 0 Å². The quantitative estimate of drug-likeness (QED) is 0.891. The number of hydrogen-bond acceptors (Lipinski definition) is 3. The van der Waals surface area contributed by atoms with Crippen LogP contribution in [0, 0.1) is 12.8 Å². The smallest absolute Gasteiger partial charge is 0.0426 e. The first-order chi connectivity index (χ1) is 9.72. The summed E-state index contributed by atoms with van der Waals surface area (Å²) in [5.41, 5.74) is 9.01. The normalized spacial score (nSPS) is 22.9. The summed E-state index contributed by atoms with van der Waals surface area (Å²) in [6.45, 7) is 9.26. The van der Waals surface area contributed by atoms with Gasteiger partial charge in [0, 0.05) is 45.3 Å². The van der Waals surface area contributed by atoms with Crippen molar-refractivity contribution in [2.24, 2.45) is 11.7 Å². The topological polar surface area (TPSA) is 32.5 Å². The van der Waals surface area contributed by atoms with E-state index in [1.807, 2.05) is 0 Å². The second kappa shape index (κ2) is 6.25. The van der Waals surface area contributed by atoms with E-state index in [0.717, 1.165) is 12.5 Å². The molecule has 2 aliphatic rings. The third kappa shape index (κ3) is 3.60. The van der Waals surface area contributed by atoms with Crippen LogP contribution in [0.3, 0.4) is 0 Å². The lowest BCUT2D eigenvalue weighted by Gasteiger charge is -2.36. The largest absolute Gasteiger partial charge is 0.323 e. The van der Waals surface area contributed by atoms with Gasteiger partial charge in [-0.1, -0.05) is 24.3 Å². The first-order valence-electron chi connectivity index (χ1n) is 7.98. The molecule has 3 rings (SSSR count). The third-order valence-corrected chi connectivity index (χ3v) is 4.72. The molecule has 0 bridgehead atoms. The van der Waals surface area contributed by atoms with Crippen LogP contribution in [0.5, 0.6) is 0 Å². The maximum absolute atomic E-state index is 6.40. The zero-order chi connectivity index (χ0) is 13.9. The zero-order valence-electron chi connectivity index (χ0n) is 12.6. The molecular weight excluding hydrogens is 246 g/mol. The second-order valence-corrected chi connectivity index (χ2v) is 6.51. The first kappa shape index (κ1) is 14.1. The molecule has 1 aliphatic heterocycles. The van der Waals surface area contributed by atoms with Crippen LogP contribution in [0.25, 0.3) is 0 Å². The van der Waals surface area contributed by atoms with Crippen LogP contribution in [0.1, 0.15) is 30.0 Å². The van der Waals surface area contributed by atoms with Crippen LogP contribution in [0.2, 0.25) is 0 Å². The van der Waals surface area contributed by atoms with E-state index in [-0.39, 0.29) is 6.04 Å². The molecule has 1 saturated carbocycles. The number of aryl methyl sites for hydroxylation is 1. The van der Waals surface area contributed by atoms with E-state index in [0.29, 0.717) is 0 Å². The molecule has 3 nitrogen and oxygen atoms in total. The van der Waals surface area contributed by atoms with Gasteiger partial charge < -0.3 is 10.6 Å². The Labute approximate surface area is 122 Å². The fourth-order valence-corrected chi connectivity index (χ4v) is 3.20. The molecule has 1 atom stereocenters. The highest BCUT2D eigenvalue weighted by Crippen LogP contribution is 2.30. The minimum absolute atomic E-state index is 0.145. The minimum Gasteiger partial charge on any atom is -0.323 e. The zero-order valence-corrected chi connectivity index (χ0v) is 12.6. The first-order valence-corrected chi connectivity index (χ1v) is 7.98. The Balaban J connectivity index is 1.47. The summed E-state index contributed by atoms with van der Waals surface area (Å²) in [5.74, 6) is 1.01. The van der Waals surface area contributed by atoms with E-state index in [4.69, 9.17) is 5.73 Å². The Morgan fingerprint density at radius 1 is 1.10 bits per heavy atom. The lowest BCUT2D eigenvalue weighted by Crippen LogP contribution is -2.48. The Morgan fingerprint density at radius 2 is 1.75 bits per heavy atom. The predicted octanol–water partition coefficient (Wildman–Crippen LogP) is 2.02. The SMILES string of the molecule is Cc1ccccc1C(N)CN1CCN(CC2CC2)CC1. The van der Waals surface area contributed by atoms with Gasteiger partial charge in [0.25, 0.3) is 0 Å². The van der Waals surface area contributed by atoms with E-state index in [1.54, 1.807) is 0 Å². The summed E-state index contributed by atoms with van der Waals surface area (Å²) in [5, 5.41) is 0. The van der Waals surface area contributed by atoms with E-state index in [9.17, 15) is 0 Å². The van der Waals surface area contributed by atoms with E-state index in [2.05, 4.69) is 41.0 Å². The fourth-order valence-electron chi connectivity index (χ4n) is 3.20. The Bertz CT molecular complexity index is 434. The Kier molecular flexibility index (Phi) is 4.39. The number of hydrogen-bond donors (Lipinski definition) is 1. The molecule has 2 N–H and O–H groups in total. The minimum atomic E-state index is 0.145. The molecule has 0 amide bonds. The molecule has 3 heteroatoms. The van der Waals surface area contributed by atoms with E-state index < -0.39 is 0 Å². The lowest BCUT2D eigenvalue weighted by atomic mass is 10.0. The van der Waals surface area contributed by atoms with Crippen molar-refractivity contribution >= 4 is 0 Å². The van der Waals surface area contributed by atoms with Crippen LogP contribution >= 0.6 is 0 Å². The van der Waals surface area contributed by atoms with Crippen molar-refractivity contribution in [2.75, 3.05) is 39.3 Å². The van der Waals surface area contributed by atoms with Crippen molar-refractivity contribution in [3.63, 3.8) is 0 Å². The molecule has 0 radical (unpaired) electrons. The third-order valence-electron chi connectivity index (χ3n) is 4.72. The molecule has 20 heavy (non-hydrogen) atoms. The number of piperazine rings is 1. The van der Waals surface area contributed by atoms with Gasteiger partial charge in [0.15, 0.2) is 0 Å². The molecular formula is C17H27N3. The van der Waals surface area contributed by atoms with Crippen molar-refractivity contribution in [3.05, 3.63) is 35.4 Å². The van der Waals surface area contributed by atoms with Gasteiger partial charge in [-0.05, 0) is 36.8 Å². The van der Waals surface area contributed by atoms with Gasteiger partial charge in [0.05, 0.1) is 0 Å². The summed E-state index contributed by atoms with van der Waals surface area (Å²) in [6, 6.07) is 8.65. The standard InChI is InChI=1S/C17H27N3/c1-14-4-2-3-5-16(14)17(18)13-20-10-8-19(9-11-20)12-15-6-7-15/h2-5,15,17H,6-13,18H2,1H3. The van der Waals surface area contributed by atoms with Gasteiger partial charge in [-0.3, -0.25) is 4.90 Å². The maximum Gasteiger partial charge on any atom is 0.0426 e. The van der Waals surface area contributed by atoms with Gasteiger partial charge >= 0.3 is 0 Å². The summed E-state index contributed by atoms with van der Waals surface area (Å²) in [6.07, 6.45) is 2.91. The molecule has 1 heterocycles. The van der Waals surface area contributed by atoms with Crippen molar-refractivity contribution in [2.45, 2.75) is 25.8 Å². The number of nitrogens with zero attached hydrogens (tertiary/aromatic N) is 2. The highest BCUT2D eigenvalue weighted by atomic mass is 15.3. The number of benzene rings is 1. The van der Waals surface area contributed by atoms with Crippen molar-refractivity contribution in [1.29, 1.82) is 0 Å². The second-order valence-electron chi connectivity index (χ2n) is 6.51. The molecule has 1 unspecified atom stereocenters. The summed E-state index contributed by atoms with van der Waals surface area (Å²) >= 11 is 0. The van der Waals surface area contributed by atoms with Crippen LogP contribution in [-0.4, -0.2) is 49.1 Å². The lowest BCUT2D eigenvalue weighted by molar-refractivity contribution is 0.123. The molecule has 1 aromatic rings. The number of rotatable bonds is 5. The van der Waals surface area contributed by atoms with E-state index >= 15 is 0 Å². The van der Waals surface area contributed by atoms with Crippen molar-refractivity contribution in [1.82, 2.24) is 9.80 Å². The predicted molar refractivity (Wildman–Crippen MR) is 83.7 cm³/mol. The average molecular weight is 273 g/mol. The van der Waals surface area contributed by atoms with E-state index in [1.165, 1.54) is 56.7 Å². The Morgan fingerprint density at radius 3 is 2.40 bits per heavy atom. The molecule has 1 aromatic carbocycles. The van der Waals surface area contributed by atoms with Gasteiger partial charge in [-0.25, -0.2) is 0 Å². The van der Waals surface area contributed by atoms with Gasteiger partial charge in [-0.15, -0.1) is 0 Å². The Hall–Kier alpha value is -0.900. The highest BCUT2D eigenvalue weighted by molar-refractivity contribution is 5.28. The van der Waals surface area contributed by atoms with Crippen LogP contribution in [0.15, 0.2) is 24.3 Å². The molecule has 0 spiro atoms. The number of nitrogens with two attached hydrogens (primary N) is 1. The van der Waals surface area contributed by atoms with Crippen LogP contribution in [0.4, 0.5) is 0 Å². The van der Waals surface area contributed by atoms with Crippen LogP contribution < -0.4 is 5.73 Å².